The molecule has 2 aromatic rings. The number of carbonyl (C=O) groups is 1. The average molecular weight is 270 g/mol. The van der Waals surface area contributed by atoms with Gasteiger partial charge in [-0.25, -0.2) is 13.6 Å². The van der Waals surface area contributed by atoms with E-state index in [1.165, 1.54) is 17.5 Å². The molecule has 0 spiro atoms. The fraction of sp³-hybridized carbons (Fsp3) is 0.0833. The highest BCUT2D eigenvalue weighted by molar-refractivity contribution is 7.12. The van der Waals surface area contributed by atoms with Crippen LogP contribution < -0.4 is 4.74 Å². The van der Waals surface area contributed by atoms with Crippen molar-refractivity contribution in [3.63, 3.8) is 0 Å². The minimum atomic E-state index is -1.13. The third-order valence-electron chi connectivity index (χ3n) is 2.26. The summed E-state index contributed by atoms with van der Waals surface area (Å²) in [7, 11) is 0. The summed E-state index contributed by atoms with van der Waals surface area (Å²) in [4.78, 5) is 10.8. The van der Waals surface area contributed by atoms with E-state index < -0.39 is 17.6 Å². The van der Waals surface area contributed by atoms with Crippen LogP contribution in [-0.2, 0) is 6.61 Å². The molecule has 0 unspecified atom stereocenters. The van der Waals surface area contributed by atoms with Gasteiger partial charge in [-0.2, -0.15) is 0 Å². The first-order valence-electron chi connectivity index (χ1n) is 4.96. The quantitative estimate of drug-likeness (QED) is 0.927. The van der Waals surface area contributed by atoms with Gasteiger partial charge in [0.05, 0.1) is 5.56 Å². The predicted octanol–water partition coefficient (Wildman–Crippen LogP) is 3.30. The molecule has 3 nitrogen and oxygen atoms in total. The van der Waals surface area contributed by atoms with E-state index in [4.69, 9.17) is 9.84 Å². The van der Waals surface area contributed by atoms with Crippen LogP contribution in [0.3, 0.4) is 0 Å². The van der Waals surface area contributed by atoms with Crippen molar-refractivity contribution < 1.29 is 23.4 Å². The molecule has 0 radical (unpaired) electrons. The predicted molar refractivity (Wildman–Crippen MR) is 62.0 cm³/mol. The summed E-state index contributed by atoms with van der Waals surface area (Å²) >= 11 is 0.989. The van der Waals surface area contributed by atoms with E-state index in [0.717, 1.165) is 23.5 Å². The Morgan fingerprint density at radius 3 is 2.56 bits per heavy atom. The molecule has 0 fully saturated rings. The monoisotopic (exact) mass is 270 g/mol. The van der Waals surface area contributed by atoms with Crippen LogP contribution in [0.1, 0.15) is 15.2 Å². The van der Waals surface area contributed by atoms with Crippen molar-refractivity contribution >= 4 is 17.3 Å². The Kier molecular flexibility index (Phi) is 3.57. The first-order chi connectivity index (χ1) is 8.59. The lowest BCUT2D eigenvalue weighted by Crippen LogP contribution is -2.03. The van der Waals surface area contributed by atoms with Crippen molar-refractivity contribution in [3.05, 3.63) is 51.7 Å². The van der Waals surface area contributed by atoms with E-state index in [9.17, 15) is 13.6 Å². The van der Waals surface area contributed by atoms with Crippen LogP contribution in [0.25, 0.3) is 0 Å². The number of ether oxygens (including phenoxy) is 1. The molecule has 0 atom stereocenters. The van der Waals surface area contributed by atoms with E-state index in [2.05, 4.69) is 0 Å². The van der Waals surface area contributed by atoms with Crippen LogP contribution in [0.2, 0.25) is 0 Å². The second-order valence-corrected chi connectivity index (χ2v) is 4.32. The smallest absolute Gasteiger partial charge is 0.349 e. The normalized spacial score (nSPS) is 10.3. The summed E-state index contributed by atoms with van der Waals surface area (Å²) in [5.74, 6) is -2.46. The summed E-state index contributed by atoms with van der Waals surface area (Å²) in [6, 6.07) is 4.94. The highest BCUT2D eigenvalue weighted by atomic mass is 32.1. The molecule has 1 aromatic heterocycles. The molecule has 0 saturated carbocycles. The molecule has 6 heteroatoms. The number of hydrogen-bond donors (Lipinski definition) is 1. The maximum Gasteiger partial charge on any atom is 0.349 e. The SMILES string of the molecule is O=C(O)c1sccc1OCc1c(F)cccc1F. The lowest BCUT2D eigenvalue weighted by atomic mass is 10.2. The van der Waals surface area contributed by atoms with Crippen molar-refractivity contribution in [2.24, 2.45) is 0 Å². The molecule has 0 amide bonds. The molecule has 18 heavy (non-hydrogen) atoms. The van der Waals surface area contributed by atoms with Gasteiger partial charge in [0.2, 0.25) is 0 Å². The van der Waals surface area contributed by atoms with Gasteiger partial charge in [-0.05, 0) is 23.6 Å². The number of halogens is 2. The first kappa shape index (κ1) is 12.5. The molecule has 0 bridgehead atoms. The van der Waals surface area contributed by atoms with Crippen LogP contribution in [0.4, 0.5) is 8.78 Å². The van der Waals surface area contributed by atoms with E-state index in [1.807, 2.05) is 0 Å². The molecule has 94 valence electrons. The summed E-state index contributed by atoms with van der Waals surface area (Å²) in [6.45, 7) is -0.352. The summed E-state index contributed by atoms with van der Waals surface area (Å²) in [5.41, 5.74) is -0.222. The summed E-state index contributed by atoms with van der Waals surface area (Å²) < 4.78 is 31.7. The Morgan fingerprint density at radius 2 is 1.94 bits per heavy atom. The largest absolute Gasteiger partial charge is 0.487 e. The lowest BCUT2D eigenvalue weighted by Gasteiger charge is -2.07. The fourth-order valence-electron chi connectivity index (χ4n) is 1.39. The maximum atomic E-state index is 13.3. The molecular weight excluding hydrogens is 262 g/mol. The van der Waals surface area contributed by atoms with Crippen molar-refractivity contribution in [2.45, 2.75) is 6.61 Å². The zero-order valence-corrected chi connectivity index (χ0v) is 9.84. The van der Waals surface area contributed by atoms with E-state index in [-0.39, 0.29) is 22.8 Å². The first-order valence-corrected chi connectivity index (χ1v) is 5.84. The number of hydrogen-bond acceptors (Lipinski definition) is 3. The number of rotatable bonds is 4. The Labute approximate surface area is 105 Å². The van der Waals surface area contributed by atoms with Crippen LogP contribution in [0.5, 0.6) is 5.75 Å². The van der Waals surface area contributed by atoms with Gasteiger partial charge in [0.1, 0.15) is 24.0 Å². The molecule has 1 N–H and O–H groups in total. The number of benzene rings is 1. The number of thiophene rings is 1. The van der Waals surface area contributed by atoms with E-state index >= 15 is 0 Å². The van der Waals surface area contributed by atoms with Gasteiger partial charge >= 0.3 is 5.97 Å². The highest BCUT2D eigenvalue weighted by Gasteiger charge is 2.15. The minimum Gasteiger partial charge on any atom is -0.487 e. The molecule has 0 aliphatic rings. The third kappa shape index (κ3) is 2.48. The van der Waals surface area contributed by atoms with Crippen molar-refractivity contribution in [3.8, 4) is 5.75 Å². The number of carboxylic acids is 1. The van der Waals surface area contributed by atoms with Gasteiger partial charge in [-0.1, -0.05) is 6.07 Å². The van der Waals surface area contributed by atoms with Crippen LogP contribution in [0.15, 0.2) is 29.6 Å². The zero-order chi connectivity index (χ0) is 13.1. The minimum absolute atomic E-state index is 0.00625. The topological polar surface area (TPSA) is 46.5 Å². The standard InChI is InChI=1S/C12H8F2O3S/c13-8-2-1-3-9(14)7(8)6-17-10-4-5-18-11(10)12(15)16/h1-5H,6H2,(H,15,16). The van der Waals surface area contributed by atoms with Crippen LogP contribution >= 0.6 is 11.3 Å². The van der Waals surface area contributed by atoms with Gasteiger partial charge in [-0.3, -0.25) is 0 Å². The second-order valence-electron chi connectivity index (χ2n) is 3.41. The van der Waals surface area contributed by atoms with Crippen molar-refractivity contribution in [1.29, 1.82) is 0 Å². The van der Waals surface area contributed by atoms with Crippen molar-refractivity contribution in [1.82, 2.24) is 0 Å². The molecule has 2 rings (SSSR count). The number of carboxylic acid groups (broad SMARTS) is 1. The molecular formula is C12H8F2O3S. The Morgan fingerprint density at radius 1 is 1.28 bits per heavy atom. The van der Waals surface area contributed by atoms with Gasteiger partial charge in [0.25, 0.3) is 0 Å². The highest BCUT2D eigenvalue weighted by Crippen LogP contribution is 2.26. The second kappa shape index (κ2) is 5.14. The third-order valence-corrected chi connectivity index (χ3v) is 3.14. The molecule has 0 saturated heterocycles. The van der Waals surface area contributed by atoms with Crippen LogP contribution in [0, 0.1) is 11.6 Å². The zero-order valence-electron chi connectivity index (χ0n) is 9.02. The van der Waals surface area contributed by atoms with Crippen LogP contribution in [-0.4, -0.2) is 11.1 Å². The molecule has 1 heterocycles. The lowest BCUT2D eigenvalue weighted by molar-refractivity contribution is 0.0697. The van der Waals surface area contributed by atoms with Gasteiger partial charge in [0.15, 0.2) is 4.88 Å². The average Bonchev–Trinajstić information content (AvgIpc) is 2.76. The van der Waals surface area contributed by atoms with Gasteiger partial charge in [0, 0.05) is 0 Å². The van der Waals surface area contributed by atoms with E-state index in [0.29, 0.717) is 0 Å². The summed E-state index contributed by atoms with van der Waals surface area (Å²) in [6.07, 6.45) is 0. The molecule has 0 aliphatic carbocycles. The maximum absolute atomic E-state index is 13.3. The van der Waals surface area contributed by atoms with Gasteiger partial charge in [-0.15, -0.1) is 11.3 Å². The van der Waals surface area contributed by atoms with Gasteiger partial charge < -0.3 is 9.84 Å². The Bertz CT molecular complexity index is 560. The Balaban J connectivity index is 2.17. The number of aromatic carboxylic acids is 1. The summed E-state index contributed by atoms with van der Waals surface area (Å²) in [5, 5.41) is 10.4. The fourth-order valence-corrected chi connectivity index (χ4v) is 2.06. The van der Waals surface area contributed by atoms with E-state index in [1.54, 1.807) is 0 Å². The van der Waals surface area contributed by atoms with Crippen molar-refractivity contribution in [2.75, 3.05) is 0 Å². The molecule has 1 aromatic carbocycles. The molecule has 0 aliphatic heterocycles. The Hall–Kier alpha value is -1.95.